The fourth-order valence-electron chi connectivity index (χ4n) is 14.6. The zero-order valence-corrected chi connectivity index (χ0v) is 69.5. The van der Waals surface area contributed by atoms with Crippen molar-refractivity contribution in [3.63, 3.8) is 0 Å². The molecule has 560 valence electrons. The maximum Gasteiger partial charge on any atom is 0.212 e. The number of nitrogens with zero attached hydrogens (tertiary/aromatic N) is 4. The highest BCUT2D eigenvalue weighted by Gasteiger charge is 2.27. The van der Waals surface area contributed by atoms with Crippen LogP contribution in [0, 0.1) is 92.2 Å². The molecule has 4 nitrogen and oxygen atoms in total. The van der Waals surface area contributed by atoms with Gasteiger partial charge in [-0.15, -0.1) is 0 Å². The van der Waals surface area contributed by atoms with E-state index in [0.29, 0.717) is 38.9 Å². The van der Waals surface area contributed by atoms with E-state index in [9.17, 15) is 0 Å². The molecule has 0 saturated heterocycles. The fourth-order valence-corrected chi connectivity index (χ4v) is 14.6. The second kappa shape index (κ2) is 34.7. The Morgan fingerprint density at radius 3 is 0.935 bits per heavy atom. The van der Waals surface area contributed by atoms with E-state index in [1.165, 1.54) is 95.3 Å². The second-order valence-electron chi connectivity index (χ2n) is 33.9. The molecule has 12 rings (SSSR count). The van der Waals surface area contributed by atoms with Crippen LogP contribution < -0.4 is 18.3 Å². The molecular formula is C104H128N4+4. The Labute approximate surface area is 671 Å². The maximum atomic E-state index is 8.74. The zero-order valence-electron chi connectivity index (χ0n) is 82.5. The lowest BCUT2D eigenvalue weighted by Gasteiger charge is -2.20. The molecule has 4 aromatic heterocycles. The van der Waals surface area contributed by atoms with Gasteiger partial charge in [0.25, 0.3) is 0 Å². The average Bonchev–Trinajstić information content (AvgIpc) is 0.790. The van der Waals surface area contributed by atoms with Gasteiger partial charge in [0.05, 0.1) is 0 Å². The van der Waals surface area contributed by atoms with Crippen LogP contribution >= 0.6 is 0 Å². The van der Waals surface area contributed by atoms with E-state index in [1.54, 1.807) is 63.7 Å². The van der Waals surface area contributed by atoms with E-state index < -0.39 is 44.1 Å². The van der Waals surface area contributed by atoms with Crippen molar-refractivity contribution in [1.82, 2.24) is 0 Å². The first-order valence-electron chi connectivity index (χ1n) is 44.6. The van der Waals surface area contributed by atoms with Crippen molar-refractivity contribution < 1.29 is 36.1 Å². The molecule has 0 fully saturated rings. The Morgan fingerprint density at radius 1 is 0.287 bits per heavy atom. The van der Waals surface area contributed by atoms with Gasteiger partial charge in [-0.25, -0.2) is 18.3 Å². The topological polar surface area (TPSA) is 15.5 Å². The largest absolute Gasteiger partial charge is 0.212 e. The van der Waals surface area contributed by atoms with Gasteiger partial charge in [-0.2, -0.15) is 0 Å². The highest BCUT2D eigenvalue weighted by atomic mass is 14.9. The van der Waals surface area contributed by atoms with E-state index in [0.717, 1.165) is 51.9 Å². The van der Waals surface area contributed by atoms with Crippen LogP contribution in [0.25, 0.3) is 89.5 Å². The lowest BCUT2D eigenvalue weighted by atomic mass is 9.86. The van der Waals surface area contributed by atoms with Crippen LogP contribution in [0.3, 0.4) is 0 Å². The summed E-state index contributed by atoms with van der Waals surface area (Å²) in [5.41, 5.74) is 30.7. The molecule has 4 heterocycles. The summed E-state index contributed by atoms with van der Waals surface area (Å²) in [5, 5.41) is 0. The molecule has 0 aliphatic carbocycles. The van der Waals surface area contributed by atoms with Crippen molar-refractivity contribution in [2.24, 2.45) is 44.4 Å². The van der Waals surface area contributed by atoms with Gasteiger partial charge < -0.3 is 0 Å². The predicted molar refractivity (Wildman–Crippen MR) is 464 cm³/mol. The van der Waals surface area contributed by atoms with Crippen molar-refractivity contribution in [3.8, 4) is 89.5 Å². The minimum Gasteiger partial charge on any atom is -0.201 e. The molecule has 0 aliphatic heterocycles. The van der Waals surface area contributed by atoms with Crippen LogP contribution in [-0.2, 0) is 47.4 Å². The zero-order chi connectivity index (χ0) is 90.2. The summed E-state index contributed by atoms with van der Waals surface area (Å²) in [4.78, 5) is 0. The normalized spacial score (nSPS) is 14.1. The minimum absolute atomic E-state index is 0.0499. The molecule has 0 aliphatic rings. The molecule has 0 bridgehead atoms. The molecule has 108 heavy (non-hydrogen) atoms. The highest BCUT2D eigenvalue weighted by molar-refractivity contribution is 5.80. The van der Waals surface area contributed by atoms with Crippen molar-refractivity contribution >= 4 is 0 Å². The number of rotatable bonds is 13. The van der Waals surface area contributed by atoms with Crippen molar-refractivity contribution in [3.05, 3.63) is 308 Å². The van der Waals surface area contributed by atoms with E-state index in [4.69, 9.17) is 17.8 Å². The lowest BCUT2D eigenvalue weighted by Crippen LogP contribution is -2.32. The average molecular weight is 1450 g/mol. The fraction of sp³-hybridized carbons (Fsp3) is 0.346. The molecule has 0 atom stereocenters. The Balaban J connectivity index is 0.000000184. The first-order chi connectivity index (χ1) is 55.8. The summed E-state index contributed by atoms with van der Waals surface area (Å²) in [7, 11) is 8.01. The number of aromatic nitrogens is 4. The minimum atomic E-state index is -2.54. The van der Waals surface area contributed by atoms with Crippen LogP contribution in [-0.4, -0.2) is 0 Å². The maximum absolute atomic E-state index is 8.74. The van der Waals surface area contributed by atoms with Gasteiger partial charge in [-0.05, 0) is 259 Å². The summed E-state index contributed by atoms with van der Waals surface area (Å²) in [6.45, 7) is 36.4. The summed E-state index contributed by atoms with van der Waals surface area (Å²) in [6, 6.07) is 65.0. The first kappa shape index (κ1) is 65.4. The molecule has 8 aromatic carbocycles. The predicted octanol–water partition coefficient (Wildman–Crippen LogP) is 25.8. The Morgan fingerprint density at radius 2 is 0.583 bits per heavy atom. The van der Waals surface area contributed by atoms with Crippen LogP contribution in [0.15, 0.2) is 219 Å². The third-order valence-corrected chi connectivity index (χ3v) is 20.1. The summed E-state index contributed by atoms with van der Waals surface area (Å²) >= 11 is 0. The number of benzene rings is 8. The van der Waals surface area contributed by atoms with E-state index >= 15 is 0 Å². The Hall–Kier alpha value is -9.64. The standard InChI is InChI=1S/4C26H32N/c2*1-18-14-25(27(7)17-22(18)16-26(4,5)6)24-15-23(19(2)13-20(24)3)21-11-9-8-10-12-21;1-18-13-19(2)24(15-23(18)21-11-9-8-10-12-21)25-14-22(16-26(4,5)6)20(3)17-27(25)7;1-17(2)22-15-26(27(7)16-25(22)18(3)4)24-14-23(19(5)13-20(24)6)21-11-9-8-10-12-21/h3*8-15,17H,16H2,1-7H3;8-18H,1-7H3/q4*+1/i1D3,2D3,16D2;;;5D3,17D,18D. The molecule has 0 unspecified atom stereocenters. The van der Waals surface area contributed by atoms with Gasteiger partial charge >= 0.3 is 0 Å². The van der Waals surface area contributed by atoms with E-state index in [1.807, 2.05) is 125 Å². The van der Waals surface area contributed by atoms with Crippen molar-refractivity contribution in [2.45, 2.75) is 197 Å². The van der Waals surface area contributed by atoms with Crippen LogP contribution in [0.1, 0.15) is 209 Å². The highest BCUT2D eigenvalue weighted by Crippen LogP contribution is 2.39. The Bertz CT molecular complexity index is 5710. The molecule has 4 heteroatoms. The van der Waals surface area contributed by atoms with Crippen molar-refractivity contribution in [2.75, 3.05) is 0 Å². The second-order valence-corrected chi connectivity index (χ2v) is 33.9. The molecule has 0 amide bonds. The third kappa shape index (κ3) is 20.8. The van der Waals surface area contributed by atoms with E-state index in [-0.39, 0.29) is 22.1 Å². The van der Waals surface area contributed by atoms with Gasteiger partial charge in [-0.3, -0.25) is 0 Å². The number of aryl methyl sites for hydroxylation is 15. The van der Waals surface area contributed by atoms with Gasteiger partial charge in [0.15, 0.2) is 24.8 Å². The molecule has 0 saturated carbocycles. The van der Waals surface area contributed by atoms with Gasteiger partial charge in [0, 0.05) is 86.6 Å². The number of hydrogen-bond acceptors (Lipinski definition) is 0. The van der Waals surface area contributed by atoms with Gasteiger partial charge in [-0.1, -0.05) is 236 Å². The SMILES string of the molecule is Cc1c[n+](C)c(-c2cc(-c3ccccc3)c(C)cc2C)cc1CC(C)(C)C.Cc1cc(-c2cc(-c3ccccc3)c(C)cc2C)[n+](C)cc1CC(C)(C)C.[2H]C([2H])([2H])c1cc(C)c(-c2cc(C([2H])(C)C)c(C([2H])(C)C)c[n+]2C)cc1-c1ccccc1.[2H]C([2H])([2H])c1cc(C)c(-c2cc(C([2H])([2H])[2H])c(C([2H])([2H])C(C)(C)C)c[n+]2C)cc1-c1ccccc1. The molecule has 0 N–H and O–H groups in total. The van der Waals surface area contributed by atoms with Crippen molar-refractivity contribution in [1.29, 1.82) is 0 Å². The molecular weight excluding hydrogens is 1310 g/mol. The first-order valence-corrected chi connectivity index (χ1v) is 38.1. The van der Waals surface area contributed by atoms with Gasteiger partial charge in [0.2, 0.25) is 22.8 Å². The molecule has 0 spiro atoms. The van der Waals surface area contributed by atoms with Gasteiger partial charge in [0.1, 0.15) is 28.2 Å². The quantitative estimate of drug-likeness (QED) is 0.102. The van der Waals surface area contributed by atoms with Crippen LogP contribution in [0.5, 0.6) is 0 Å². The number of pyridine rings is 4. The summed E-state index contributed by atoms with van der Waals surface area (Å²) < 4.78 is 116. The third-order valence-electron chi connectivity index (χ3n) is 20.1. The monoisotopic (exact) mass is 1450 g/mol. The number of hydrogen-bond donors (Lipinski definition) is 0. The van der Waals surface area contributed by atoms with Crippen LogP contribution in [0.2, 0.25) is 0 Å². The summed E-state index contributed by atoms with van der Waals surface area (Å²) in [6.07, 6.45) is 8.37. The molecule has 12 aromatic rings. The smallest absolute Gasteiger partial charge is 0.201 e. The summed E-state index contributed by atoms with van der Waals surface area (Å²) in [5.74, 6) is -1.73. The lowest BCUT2D eigenvalue weighted by molar-refractivity contribution is -0.661. The molecule has 0 radical (unpaired) electrons. The van der Waals surface area contributed by atoms with Crippen LogP contribution in [0.4, 0.5) is 0 Å². The van der Waals surface area contributed by atoms with E-state index in [2.05, 4.69) is 216 Å². The Kier molecular flexibility index (Phi) is 21.0.